The fourth-order valence-corrected chi connectivity index (χ4v) is 5.59. The Bertz CT molecular complexity index is 1960. The number of hydrogen-bond acceptors (Lipinski definition) is 15. The van der Waals surface area contributed by atoms with E-state index >= 15 is 0 Å². The highest BCUT2D eigenvalue weighted by atomic mass is 16.6. The van der Waals surface area contributed by atoms with Crippen molar-refractivity contribution in [3.05, 3.63) is 35.4 Å². The van der Waals surface area contributed by atoms with Gasteiger partial charge in [-0.1, -0.05) is 43.5 Å². The lowest BCUT2D eigenvalue weighted by Crippen LogP contribution is -2.53. The zero-order valence-corrected chi connectivity index (χ0v) is 45.7. The smallest absolute Gasteiger partial charge is 0.437 e. The topological polar surface area (TPSA) is 258 Å². The average Bonchev–Trinajstić information content (AvgIpc) is 3.13. The summed E-state index contributed by atoms with van der Waals surface area (Å²) in [5.41, 5.74) is -3.99. The highest BCUT2D eigenvalue weighted by Crippen LogP contribution is 2.19. The normalized spacial score (nSPS) is 12.4. The van der Waals surface area contributed by atoms with Crippen LogP contribution in [0.5, 0.6) is 0 Å². The summed E-state index contributed by atoms with van der Waals surface area (Å²) >= 11 is 0. The Morgan fingerprint density at radius 1 is 0.507 bits per heavy atom. The first-order chi connectivity index (χ1) is 32.3. The number of alkyl carbamates (subject to hydrolysis) is 3. The fraction of sp³-hybridized carbons (Fsp3) is 0.700. The van der Waals surface area contributed by atoms with Crippen molar-refractivity contribution in [1.29, 1.82) is 5.41 Å². The van der Waals surface area contributed by atoms with E-state index in [0.717, 1.165) is 15.4 Å². The third-order valence-electron chi connectivity index (χ3n) is 8.15. The van der Waals surface area contributed by atoms with Crippen LogP contribution in [-0.2, 0) is 39.8 Å². The van der Waals surface area contributed by atoms with Crippen molar-refractivity contribution in [3.8, 4) is 0 Å². The van der Waals surface area contributed by atoms with Crippen LogP contribution in [0.15, 0.2) is 34.3 Å². The van der Waals surface area contributed by atoms with Crippen LogP contribution >= 0.6 is 0 Å². The molecule has 0 saturated carbocycles. The number of nitrogens with zero attached hydrogens (tertiary/aromatic N) is 4. The molecular weight excluding hydrogens is 921 g/mol. The molecule has 4 N–H and O–H groups in total. The molecule has 0 aromatic heterocycles. The molecule has 0 atom stereocenters. The third-order valence-corrected chi connectivity index (χ3v) is 8.15. The van der Waals surface area contributed by atoms with Gasteiger partial charge in [-0.05, 0) is 149 Å². The molecule has 21 nitrogen and oxygen atoms in total. The molecule has 0 unspecified atom stereocenters. The van der Waals surface area contributed by atoms with E-state index in [9.17, 15) is 28.8 Å². The van der Waals surface area contributed by atoms with E-state index in [1.165, 1.54) is 0 Å². The molecular formula is C50H84N8O13. The number of unbranched alkanes of at least 4 members (excludes halogenated alkanes) is 4. The van der Waals surface area contributed by atoms with Gasteiger partial charge in [0.1, 0.15) is 39.4 Å². The van der Waals surface area contributed by atoms with Crippen LogP contribution in [0.3, 0.4) is 0 Å². The molecule has 0 spiro atoms. The minimum atomic E-state index is -1.05. The van der Waals surface area contributed by atoms with E-state index in [0.29, 0.717) is 37.7 Å². The van der Waals surface area contributed by atoms with Crippen molar-refractivity contribution in [2.75, 3.05) is 26.2 Å². The predicted molar refractivity (Wildman–Crippen MR) is 271 cm³/mol. The van der Waals surface area contributed by atoms with Crippen molar-refractivity contribution in [2.24, 2.45) is 9.98 Å². The van der Waals surface area contributed by atoms with Crippen LogP contribution in [0.1, 0.15) is 174 Å². The highest BCUT2D eigenvalue weighted by Gasteiger charge is 2.35. The number of ether oxygens (including phenoxy) is 7. The van der Waals surface area contributed by atoms with E-state index < -0.39 is 70.2 Å². The highest BCUT2D eigenvalue weighted by molar-refractivity contribution is 6.05. The van der Waals surface area contributed by atoms with Crippen molar-refractivity contribution in [2.45, 2.75) is 203 Å². The number of guanidine groups is 2. The van der Waals surface area contributed by atoms with Crippen LogP contribution in [0.4, 0.5) is 28.8 Å². The lowest BCUT2D eigenvalue weighted by molar-refractivity contribution is 0.0258. The van der Waals surface area contributed by atoms with Gasteiger partial charge in [0.15, 0.2) is 0 Å². The molecule has 0 aliphatic carbocycles. The average molecular weight is 1010 g/mol. The van der Waals surface area contributed by atoms with Crippen LogP contribution in [0.25, 0.3) is 0 Å². The van der Waals surface area contributed by atoms with Gasteiger partial charge < -0.3 is 33.2 Å². The fourth-order valence-electron chi connectivity index (χ4n) is 5.59. The maximum atomic E-state index is 14.1. The largest absolute Gasteiger partial charge is 0.444 e. The molecule has 0 bridgehead atoms. The molecule has 0 aliphatic heterocycles. The molecule has 21 heteroatoms. The molecule has 1 aromatic carbocycles. The van der Waals surface area contributed by atoms with E-state index in [-0.39, 0.29) is 57.0 Å². The zero-order chi connectivity index (χ0) is 54.6. The lowest BCUT2D eigenvalue weighted by Gasteiger charge is -2.34. The number of hydrogen-bond donors (Lipinski definition) is 4. The maximum Gasteiger partial charge on any atom is 0.437 e. The maximum absolute atomic E-state index is 14.1. The summed E-state index contributed by atoms with van der Waals surface area (Å²) in [6.07, 6.45) is -2.04. The number of amides is 6. The summed E-state index contributed by atoms with van der Waals surface area (Å²) in [5, 5.41) is 15.6. The van der Waals surface area contributed by atoms with Gasteiger partial charge in [0.2, 0.25) is 11.9 Å². The van der Waals surface area contributed by atoms with Gasteiger partial charge >= 0.3 is 36.6 Å². The first-order valence-corrected chi connectivity index (χ1v) is 23.9. The van der Waals surface area contributed by atoms with Gasteiger partial charge in [-0.25, -0.2) is 38.6 Å². The summed E-state index contributed by atoms with van der Waals surface area (Å²) in [5.74, 6) is -0.602. The first kappa shape index (κ1) is 63.0. The van der Waals surface area contributed by atoms with Gasteiger partial charge in [0.25, 0.3) is 0 Å². The molecule has 402 valence electrons. The van der Waals surface area contributed by atoms with Crippen molar-refractivity contribution >= 4 is 54.3 Å². The number of carbonyl (C=O) groups excluding carboxylic acids is 6. The summed E-state index contributed by atoms with van der Waals surface area (Å²) in [7, 11) is 0. The Kier molecular flexibility index (Phi) is 24.5. The van der Waals surface area contributed by atoms with E-state index in [1.807, 2.05) is 0 Å². The number of benzene rings is 1. The molecule has 6 amide bonds. The Hall–Kier alpha value is -5.99. The SMILES string of the molecule is CC(C)(C)OC(=O)N=C(N(CCCCCCCN=C(NC(=O)OC(C)(C)C)NC(=O)OC(C)(C)C)C(=O)OC(C)(C)C)N(CCCOCc1ccc(C(=N)NC(=O)OC(C)(C)C)cc1)C(=O)OC(C)(C)C. The first-order valence-electron chi connectivity index (χ1n) is 23.9. The number of carbonyl (C=O) groups is 6. The minimum Gasteiger partial charge on any atom is -0.444 e. The molecule has 71 heavy (non-hydrogen) atoms. The Labute approximate surface area is 421 Å². The van der Waals surface area contributed by atoms with Gasteiger partial charge in [-0.3, -0.25) is 26.4 Å². The van der Waals surface area contributed by atoms with E-state index in [4.69, 9.17) is 38.6 Å². The Morgan fingerprint density at radius 2 is 0.901 bits per heavy atom. The summed E-state index contributed by atoms with van der Waals surface area (Å²) in [4.78, 5) is 89.6. The molecule has 0 aliphatic rings. The quantitative estimate of drug-likeness (QED) is 0.0552. The molecule has 0 radical (unpaired) electrons. The molecule has 1 rings (SSSR count). The van der Waals surface area contributed by atoms with Crippen LogP contribution in [0, 0.1) is 5.41 Å². The zero-order valence-electron chi connectivity index (χ0n) is 45.7. The second-order valence-corrected chi connectivity index (χ2v) is 22.5. The van der Waals surface area contributed by atoms with E-state index in [1.54, 1.807) is 149 Å². The number of amidine groups is 1. The third kappa shape index (κ3) is 31.1. The Morgan fingerprint density at radius 3 is 1.34 bits per heavy atom. The standard InChI is InChI=1S/C50H84N8O13/c1-45(2,3)66-39(59)53-36(51)35-27-25-34(26-28-35)33-65-32-24-31-58(44(64)71-50(16,17)18)38(56-42(62)69-48(10,11)12)57(43(63)70-49(13,14)15)30-23-21-19-20-22-29-52-37(54-40(60)67-46(4,5)6)55-41(61)68-47(7,8)9/h25-28H,19-24,29-33H2,1-18H3,(H2,51,53,59)(H2,52,54,55,60,61). The number of nitrogens with one attached hydrogen (secondary N) is 4. The monoisotopic (exact) mass is 1000 g/mol. The summed E-state index contributed by atoms with van der Waals surface area (Å²) in [6, 6.07) is 6.84. The van der Waals surface area contributed by atoms with E-state index in [2.05, 4.69) is 25.9 Å². The van der Waals surface area contributed by atoms with Crippen LogP contribution < -0.4 is 16.0 Å². The van der Waals surface area contributed by atoms with Crippen molar-refractivity contribution in [3.63, 3.8) is 0 Å². The van der Waals surface area contributed by atoms with Gasteiger partial charge in [0.05, 0.1) is 6.61 Å². The molecule has 0 fully saturated rings. The number of rotatable bonds is 15. The molecule has 1 aromatic rings. The molecule has 0 heterocycles. The van der Waals surface area contributed by atoms with Crippen LogP contribution in [0.2, 0.25) is 0 Å². The minimum absolute atomic E-state index is 0.0188. The van der Waals surface area contributed by atoms with Crippen molar-refractivity contribution in [1.82, 2.24) is 25.8 Å². The van der Waals surface area contributed by atoms with Gasteiger partial charge in [0, 0.05) is 31.8 Å². The summed E-state index contributed by atoms with van der Waals surface area (Å²) in [6.45, 7) is 30.9. The summed E-state index contributed by atoms with van der Waals surface area (Å²) < 4.78 is 39.0. The molecule has 0 saturated heterocycles. The number of aliphatic imine (C=N–C) groups is 2. The van der Waals surface area contributed by atoms with Crippen LogP contribution in [-0.4, -0.2) is 124 Å². The van der Waals surface area contributed by atoms with Gasteiger partial charge in [-0.2, -0.15) is 0 Å². The second-order valence-electron chi connectivity index (χ2n) is 22.5. The lowest BCUT2D eigenvalue weighted by atomic mass is 10.1. The van der Waals surface area contributed by atoms with Gasteiger partial charge in [-0.15, -0.1) is 4.99 Å². The second kappa shape index (κ2) is 27.6. The predicted octanol–water partition coefficient (Wildman–Crippen LogP) is 10.6. The van der Waals surface area contributed by atoms with Crippen molar-refractivity contribution < 1.29 is 61.9 Å². The Balaban J connectivity index is 3.33.